The summed E-state index contributed by atoms with van der Waals surface area (Å²) in [4.78, 5) is 0. The number of hydrogen-bond acceptors (Lipinski definition) is 3. The van der Waals surface area contributed by atoms with Crippen LogP contribution in [0.3, 0.4) is 0 Å². The van der Waals surface area contributed by atoms with E-state index >= 15 is 0 Å². The van der Waals surface area contributed by atoms with Crippen LogP contribution in [0.15, 0.2) is 4.42 Å². The Labute approximate surface area is 85.4 Å². The highest BCUT2D eigenvalue weighted by molar-refractivity contribution is 5.31. The molecule has 0 spiro atoms. The molecule has 0 saturated carbocycles. The number of furan rings is 1. The number of aryl methyl sites for hydroxylation is 2. The summed E-state index contributed by atoms with van der Waals surface area (Å²) >= 11 is 0. The van der Waals surface area contributed by atoms with Crippen molar-refractivity contribution in [2.24, 2.45) is 0 Å². The van der Waals surface area contributed by atoms with Crippen molar-refractivity contribution >= 4 is 0 Å². The Morgan fingerprint density at radius 3 is 2.43 bits per heavy atom. The molecule has 0 aliphatic rings. The van der Waals surface area contributed by atoms with Crippen molar-refractivity contribution in [1.29, 1.82) is 0 Å². The molecule has 1 aromatic heterocycles. The molecule has 0 amide bonds. The van der Waals surface area contributed by atoms with E-state index in [9.17, 15) is 0 Å². The molecule has 0 aliphatic carbocycles. The first-order chi connectivity index (χ1) is 6.66. The van der Waals surface area contributed by atoms with Crippen LogP contribution in [0.2, 0.25) is 0 Å². The van der Waals surface area contributed by atoms with E-state index in [-0.39, 0.29) is 0 Å². The molecule has 0 aromatic carbocycles. The second-order valence-electron chi connectivity index (χ2n) is 3.49. The molecule has 1 aromatic rings. The molecule has 14 heavy (non-hydrogen) atoms. The van der Waals surface area contributed by atoms with Crippen LogP contribution in [0.1, 0.15) is 22.6 Å². The predicted octanol–water partition coefficient (Wildman–Crippen LogP) is 1.94. The molecule has 0 aliphatic heterocycles. The van der Waals surface area contributed by atoms with Crippen LogP contribution in [0.4, 0.5) is 0 Å². The van der Waals surface area contributed by atoms with Gasteiger partial charge in [-0.3, -0.25) is 0 Å². The molecular weight excluding hydrogens is 178 g/mol. The zero-order chi connectivity index (χ0) is 10.6. The number of rotatable bonds is 5. The molecule has 80 valence electrons. The van der Waals surface area contributed by atoms with Gasteiger partial charge in [0.25, 0.3) is 0 Å². The van der Waals surface area contributed by atoms with Crippen LogP contribution in [-0.2, 0) is 11.3 Å². The van der Waals surface area contributed by atoms with Crippen molar-refractivity contribution in [1.82, 2.24) is 5.32 Å². The monoisotopic (exact) mass is 197 g/mol. The highest BCUT2D eigenvalue weighted by Crippen LogP contribution is 2.19. The summed E-state index contributed by atoms with van der Waals surface area (Å²) in [5.41, 5.74) is 2.53. The van der Waals surface area contributed by atoms with Crippen LogP contribution in [0.25, 0.3) is 0 Å². The maximum absolute atomic E-state index is 5.53. The van der Waals surface area contributed by atoms with Crippen LogP contribution >= 0.6 is 0 Å². The maximum atomic E-state index is 5.53. The largest absolute Gasteiger partial charge is 0.466 e. The first-order valence-corrected chi connectivity index (χ1v) is 4.92. The third-order valence-corrected chi connectivity index (χ3v) is 2.50. The molecule has 0 radical (unpaired) electrons. The lowest BCUT2D eigenvalue weighted by molar-refractivity contribution is 0.199. The van der Waals surface area contributed by atoms with Crippen LogP contribution in [-0.4, -0.2) is 20.3 Å². The van der Waals surface area contributed by atoms with E-state index < -0.39 is 0 Å². The summed E-state index contributed by atoms with van der Waals surface area (Å²) < 4.78 is 10.5. The fourth-order valence-corrected chi connectivity index (χ4v) is 1.49. The van der Waals surface area contributed by atoms with Gasteiger partial charge in [0.05, 0.1) is 6.61 Å². The molecule has 0 atom stereocenters. The Morgan fingerprint density at radius 1 is 1.21 bits per heavy atom. The average molecular weight is 197 g/mol. The zero-order valence-corrected chi connectivity index (χ0v) is 9.44. The topological polar surface area (TPSA) is 34.4 Å². The van der Waals surface area contributed by atoms with E-state index in [0.29, 0.717) is 0 Å². The third-order valence-electron chi connectivity index (χ3n) is 2.50. The zero-order valence-electron chi connectivity index (χ0n) is 9.44. The fourth-order valence-electron chi connectivity index (χ4n) is 1.49. The Kier molecular flexibility index (Phi) is 4.17. The van der Waals surface area contributed by atoms with Crippen molar-refractivity contribution in [2.75, 3.05) is 20.3 Å². The first-order valence-electron chi connectivity index (χ1n) is 4.92. The van der Waals surface area contributed by atoms with Gasteiger partial charge >= 0.3 is 0 Å². The lowest BCUT2D eigenvalue weighted by Gasteiger charge is -2.03. The SMILES string of the molecule is COCCNCc1c(C)oc(C)c1C. The van der Waals surface area contributed by atoms with Crippen LogP contribution in [0.5, 0.6) is 0 Å². The van der Waals surface area contributed by atoms with Gasteiger partial charge in [0.15, 0.2) is 0 Å². The minimum absolute atomic E-state index is 0.745. The molecule has 0 fully saturated rings. The summed E-state index contributed by atoms with van der Waals surface area (Å²) in [6.45, 7) is 8.58. The lowest BCUT2D eigenvalue weighted by Crippen LogP contribution is -2.19. The third kappa shape index (κ3) is 2.59. The van der Waals surface area contributed by atoms with E-state index in [4.69, 9.17) is 9.15 Å². The minimum atomic E-state index is 0.745. The Bertz CT molecular complexity index is 292. The molecule has 3 nitrogen and oxygen atoms in total. The molecule has 3 heteroatoms. The molecule has 0 saturated heterocycles. The van der Waals surface area contributed by atoms with Gasteiger partial charge in [0.1, 0.15) is 11.5 Å². The number of nitrogens with one attached hydrogen (secondary N) is 1. The highest BCUT2D eigenvalue weighted by atomic mass is 16.5. The maximum Gasteiger partial charge on any atom is 0.105 e. The smallest absolute Gasteiger partial charge is 0.105 e. The van der Waals surface area contributed by atoms with Crippen molar-refractivity contribution in [3.05, 3.63) is 22.6 Å². The highest BCUT2D eigenvalue weighted by Gasteiger charge is 2.09. The standard InChI is InChI=1S/C11H19NO2/c1-8-9(2)14-10(3)11(8)7-12-5-6-13-4/h12H,5-7H2,1-4H3. The second-order valence-corrected chi connectivity index (χ2v) is 3.49. The summed E-state index contributed by atoms with van der Waals surface area (Å²) in [7, 11) is 1.71. The molecule has 1 heterocycles. The van der Waals surface area contributed by atoms with Crippen molar-refractivity contribution in [3.63, 3.8) is 0 Å². The quantitative estimate of drug-likeness (QED) is 0.732. The molecular formula is C11H19NO2. The summed E-state index contributed by atoms with van der Waals surface area (Å²) in [6.07, 6.45) is 0. The van der Waals surface area contributed by atoms with Gasteiger partial charge in [-0.2, -0.15) is 0 Å². The second kappa shape index (κ2) is 5.17. The van der Waals surface area contributed by atoms with Crippen molar-refractivity contribution in [3.8, 4) is 0 Å². The van der Waals surface area contributed by atoms with Gasteiger partial charge in [0.2, 0.25) is 0 Å². The van der Waals surface area contributed by atoms with Crippen LogP contribution < -0.4 is 5.32 Å². The van der Waals surface area contributed by atoms with Gasteiger partial charge < -0.3 is 14.5 Å². The number of ether oxygens (including phenoxy) is 1. The van der Waals surface area contributed by atoms with Gasteiger partial charge in [-0.25, -0.2) is 0 Å². The van der Waals surface area contributed by atoms with E-state index in [0.717, 1.165) is 31.2 Å². The fraction of sp³-hybridized carbons (Fsp3) is 0.636. The number of methoxy groups -OCH3 is 1. The Morgan fingerprint density at radius 2 is 1.93 bits per heavy atom. The molecule has 0 unspecified atom stereocenters. The number of hydrogen-bond donors (Lipinski definition) is 1. The first kappa shape index (κ1) is 11.3. The molecule has 1 rings (SSSR count). The lowest BCUT2D eigenvalue weighted by atomic mass is 10.1. The van der Waals surface area contributed by atoms with Crippen molar-refractivity contribution < 1.29 is 9.15 Å². The normalized spacial score (nSPS) is 10.9. The Balaban J connectivity index is 2.49. The predicted molar refractivity (Wildman–Crippen MR) is 56.5 cm³/mol. The van der Waals surface area contributed by atoms with E-state index in [1.807, 2.05) is 13.8 Å². The average Bonchev–Trinajstić information content (AvgIpc) is 2.38. The van der Waals surface area contributed by atoms with Gasteiger partial charge in [-0.1, -0.05) is 0 Å². The van der Waals surface area contributed by atoms with E-state index in [1.165, 1.54) is 11.1 Å². The Hall–Kier alpha value is -0.800. The van der Waals surface area contributed by atoms with Gasteiger partial charge in [-0.15, -0.1) is 0 Å². The van der Waals surface area contributed by atoms with Crippen LogP contribution in [0, 0.1) is 20.8 Å². The summed E-state index contributed by atoms with van der Waals surface area (Å²) in [6, 6.07) is 0. The summed E-state index contributed by atoms with van der Waals surface area (Å²) in [5.74, 6) is 2.04. The van der Waals surface area contributed by atoms with Gasteiger partial charge in [0, 0.05) is 25.8 Å². The van der Waals surface area contributed by atoms with E-state index in [2.05, 4.69) is 12.2 Å². The van der Waals surface area contributed by atoms with E-state index in [1.54, 1.807) is 7.11 Å². The molecule has 1 N–H and O–H groups in total. The summed E-state index contributed by atoms with van der Waals surface area (Å²) in [5, 5.41) is 3.31. The van der Waals surface area contributed by atoms with Gasteiger partial charge in [-0.05, 0) is 26.3 Å². The van der Waals surface area contributed by atoms with Crippen molar-refractivity contribution in [2.45, 2.75) is 27.3 Å². The minimum Gasteiger partial charge on any atom is -0.466 e. The molecule has 0 bridgehead atoms.